The standard InChI is InChI=1S/C17H31NO4Si/c1-7-10-21-16(20)18-13-15(19)12-14(18)9-8-11-22-23(5,6)17(2,3)4/h7-9,14-15,19H,1,10-13H2,2-6H3/b9-8+/t14-,15-/m1/s1. The van der Waals surface area contributed by atoms with Crippen LogP contribution >= 0.6 is 0 Å². The average Bonchev–Trinajstić information content (AvgIpc) is 2.81. The van der Waals surface area contributed by atoms with Gasteiger partial charge in [-0.1, -0.05) is 45.6 Å². The van der Waals surface area contributed by atoms with Crippen molar-refractivity contribution in [1.82, 2.24) is 4.90 Å². The molecular formula is C17H31NO4Si. The smallest absolute Gasteiger partial charge is 0.410 e. The van der Waals surface area contributed by atoms with Crippen molar-refractivity contribution in [2.45, 2.75) is 57.5 Å². The summed E-state index contributed by atoms with van der Waals surface area (Å²) in [5, 5.41) is 9.98. The Balaban J connectivity index is 2.56. The number of ether oxygens (including phenoxy) is 1. The third kappa shape index (κ3) is 5.79. The van der Waals surface area contributed by atoms with Crippen molar-refractivity contribution in [2.24, 2.45) is 0 Å². The molecule has 132 valence electrons. The number of amides is 1. The molecule has 1 N–H and O–H groups in total. The maximum Gasteiger partial charge on any atom is 0.410 e. The van der Waals surface area contributed by atoms with Crippen LogP contribution in [0.1, 0.15) is 27.2 Å². The fraction of sp³-hybridized carbons (Fsp3) is 0.706. The van der Waals surface area contributed by atoms with Crippen LogP contribution in [0, 0.1) is 0 Å². The second kappa shape index (κ2) is 8.12. The Morgan fingerprint density at radius 2 is 2.04 bits per heavy atom. The highest BCUT2D eigenvalue weighted by Gasteiger charge is 2.37. The SMILES string of the molecule is C=CCOC(=O)N1C[C@H](O)C[C@H]1/C=C/CO[Si](C)(C)C(C)(C)C. The van der Waals surface area contributed by atoms with Gasteiger partial charge in [0, 0.05) is 0 Å². The molecule has 2 atom stereocenters. The summed E-state index contributed by atoms with van der Waals surface area (Å²) in [7, 11) is -1.77. The highest BCUT2D eigenvalue weighted by Crippen LogP contribution is 2.36. The quantitative estimate of drug-likeness (QED) is 0.595. The normalized spacial score (nSPS) is 22.6. The highest BCUT2D eigenvalue weighted by molar-refractivity contribution is 6.74. The van der Waals surface area contributed by atoms with Gasteiger partial charge in [-0.05, 0) is 24.6 Å². The molecule has 1 aliphatic heterocycles. The number of nitrogens with zero attached hydrogens (tertiary/aromatic N) is 1. The van der Waals surface area contributed by atoms with Gasteiger partial charge >= 0.3 is 6.09 Å². The van der Waals surface area contributed by atoms with Crippen molar-refractivity contribution < 1.29 is 19.1 Å². The van der Waals surface area contributed by atoms with Gasteiger partial charge in [-0.3, -0.25) is 4.90 Å². The molecule has 1 fully saturated rings. The molecule has 0 aromatic heterocycles. The summed E-state index contributed by atoms with van der Waals surface area (Å²) >= 11 is 0. The van der Waals surface area contributed by atoms with Gasteiger partial charge in [-0.2, -0.15) is 0 Å². The Hall–Kier alpha value is -1.11. The first-order valence-corrected chi connectivity index (χ1v) is 11.0. The Morgan fingerprint density at radius 1 is 1.39 bits per heavy atom. The van der Waals surface area contributed by atoms with Crippen LogP contribution < -0.4 is 0 Å². The number of aliphatic hydroxyl groups is 1. The minimum absolute atomic E-state index is 0.148. The lowest BCUT2D eigenvalue weighted by molar-refractivity contribution is 0.107. The monoisotopic (exact) mass is 341 g/mol. The van der Waals surface area contributed by atoms with Gasteiger partial charge in [0.25, 0.3) is 0 Å². The molecule has 23 heavy (non-hydrogen) atoms. The summed E-state index contributed by atoms with van der Waals surface area (Å²) in [6.07, 6.45) is 5.00. The number of rotatable bonds is 6. The summed E-state index contributed by atoms with van der Waals surface area (Å²) in [6.45, 7) is 15.5. The van der Waals surface area contributed by atoms with Gasteiger partial charge in [0.2, 0.25) is 0 Å². The molecule has 1 heterocycles. The molecule has 5 nitrogen and oxygen atoms in total. The van der Waals surface area contributed by atoms with Crippen molar-refractivity contribution >= 4 is 14.4 Å². The third-order valence-corrected chi connectivity index (χ3v) is 9.09. The van der Waals surface area contributed by atoms with E-state index < -0.39 is 20.5 Å². The van der Waals surface area contributed by atoms with Crippen LogP contribution in [0.15, 0.2) is 24.8 Å². The van der Waals surface area contributed by atoms with E-state index in [-0.39, 0.29) is 17.7 Å². The molecule has 0 aromatic carbocycles. The number of carbonyl (C=O) groups is 1. The molecule has 6 heteroatoms. The molecule has 1 aliphatic rings. The second-order valence-corrected chi connectivity index (χ2v) is 12.3. The Kier molecular flexibility index (Phi) is 7.04. The minimum Gasteiger partial charge on any atom is -0.445 e. The predicted molar refractivity (Wildman–Crippen MR) is 95.0 cm³/mol. The second-order valence-electron chi connectivity index (χ2n) is 7.47. The van der Waals surface area contributed by atoms with Crippen LogP contribution in [0.4, 0.5) is 4.79 Å². The molecule has 1 saturated heterocycles. The Bertz CT molecular complexity index is 442. The third-order valence-electron chi connectivity index (χ3n) is 4.59. The molecular weight excluding hydrogens is 310 g/mol. The van der Waals surface area contributed by atoms with Crippen LogP contribution in [-0.2, 0) is 9.16 Å². The van der Waals surface area contributed by atoms with E-state index >= 15 is 0 Å². The van der Waals surface area contributed by atoms with E-state index in [9.17, 15) is 9.90 Å². The van der Waals surface area contributed by atoms with E-state index in [2.05, 4.69) is 40.4 Å². The van der Waals surface area contributed by atoms with Gasteiger partial charge in [-0.15, -0.1) is 0 Å². The van der Waals surface area contributed by atoms with Gasteiger partial charge in [0.15, 0.2) is 8.32 Å². The zero-order valence-corrected chi connectivity index (χ0v) is 16.0. The summed E-state index contributed by atoms with van der Waals surface area (Å²) in [5.41, 5.74) is 0. The molecule has 1 amide bonds. The van der Waals surface area contributed by atoms with E-state index in [4.69, 9.17) is 9.16 Å². The molecule has 0 radical (unpaired) electrons. The highest BCUT2D eigenvalue weighted by atomic mass is 28.4. The van der Waals surface area contributed by atoms with Crippen molar-refractivity contribution in [1.29, 1.82) is 0 Å². The number of hydrogen-bond acceptors (Lipinski definition) is 4. The summed E-state index contributed by atoms with van der Waals surface area (Å²) in [6, 6.07) is -0.148. The lowest BCUT2D eigenvalue weighted by atomic mass is 10.2. The number of aliphatic hydroxyl groups excluding tert-OH is 1. The number of likely N-dealkylation sites (tertiary alicyclic amines) is 1. The van der Waals surface area contributed by atoms with E-state index in [1.165, 1.54) is 6.08 Å². The molecule has 0 aromatic rings. The van der Waals surface area contributed by atoms with Gasteiger partial charge in [0.05, 0.1) is 25.3 Å². The predicted octanol–water partition coefficient (Wildman–Crippen LogP) is 3.32. The minimum atomic E-state index is -1.77. The largest absolute Gasteiger partial charge is 0.445 e. The fourth-order valence-electron chi connectivity index (χ4n) is 2.13. The maximum absolute atomic E-state index is 12.0. The van der Waals surface area contributed by atoms with Gasteiger partial charge < -0.3 is 14.3 Å². The van der Waals surface area contributed by atoms with Gasteiger partial charge in [-0.25, -0.2) is 4.79 Å². The van der Waals surface area contributed by atoms with Crippen LogP contribution in [0.3, 0.4) is 0 Å². The number of hydrogen-bond donors (Lipinski definition) is 1. The molecule has 0 spiro atoms. The van der Waals surface area contributed by atoms with Crippen molar-refractivity contribution in [3.63, 3.8) is 0 Å². The van der Waals surface area contributed by atoms with E-state index in [1.807, 2.05) is 12.2 Å². The summed E-state index contributed by atoms with van der Waals surface area (Å²) in [5.74, 6) is 0. The van der Waals surface area contributed by atoms with Gasteiger partial charge in [0.1, 0.15) is 6.61 Å². The van der Waals surface area contributed by atoms with Crippen molar-refractivity contribution in [2.75, 3.05) is 19.8 Å². The lowest BCUT2D eigenvalue weighted by Crippen LogP contribution is -2.40. The first-order valence-electron chi connectivity index (χ1n) is 8.11. The lowest BCUT2D eigenvalue weighted by Gasteiger charge is -2.35. The Labute approximate surface area is 141 Å². The molecule has 0 bridgehead atoms. The van der Waals surface area contributed by atoms with Crippen molar-refractivity contribution in [3.05, 3.63) is 24.8 Å². The molecule has 0 unspecified atom stereocenters. The zero-order chi connectivity index (χ0) is 17.7. The molecule has 0 saturated carbocycles. The number of carbonyl (C=O) groups excluding carboxylic acids is 1. The maximum atomic E-state index is 12.0. The number of β-amino-alcohol motifs (C(OH)–C–C–N with tert-alkyl or cyclic N) is 1. The molecule has 1 rings (SSSR count). The van der Waals surface area contributed by atoms with E-state index in [0.717, 1.165) is 0 Å². The van der Waals surface area contributed by atoms with Crippen LogP contribution in [-0.4, -0.2) is 56.3 Å². The van der Waals surface area contributed by atoms with Crippen LogP contribution in [0.25, 0.3) is 0 Å². The first-order chi connectivity index (χ1) is 10.6. The van der Waals surface area contributed by atoms with Crippen LogP contribution in [0.5, 0.6) is 0 Å². The first kappa shape index (κ1) is 19.9. The molecule has 0 aliphatic carbocycles. The fourth-order valence-corrected chi connectivity index (χ4v) is 3.08. The van der Waals surface area contributed by atoms with Crippen LogP contribution in [0.2, 0.25) is 18.1 Å². The van der Waals surface area contributed by atoms with E-state index in [1.54, 1.807) is 4.90 Å². The average molecular weight is 342 g/mol. The Morgan fingerprint density at radius 3 is 2.61 bits per heavy atom. The summed E-state index contributed by atoms with van der Waals surface area (Å²) < 4.78 is 11.1. The summed E-state index contributed by atoms with van der Waals surface area (Å²) in [4.78, 5) is 13.5. The zero-order valence-electron chi connectivity index (χ0n) is 15.0. The van der Waals surface area contributed by atoms with Crippen molar-refractivity contribution in [3.8, 4) is 0 Å². The topological polar surface area (TPSA) is 59.0 Å². The van der Waals surface area contributed by atoms with E-state index in [0.29, 0.717) is 19.6 Å².